The van der Waals surface area contributed by atoms with Gasteiger partial charge in [0, 0.05) is 17.6 Å². The van der Waals surface area contributed by atoms with Gasteiger partial charge in [-0.05, 0) is 57.6 Å². The van der Waals surface area contributed by atoms with Crippen molar-refractivity contribution in [1.29, 1.82) is 0 Å². The number of amides is 1. The minimum absolute atomic E-state index is 0.146. The van der Waals surface area contributed by atoms with Crippen LogP contribution in [0, 0.1) is 5.82 Å². The van der Waals surface area contributed by atoms with Gasteiger partial charge < -0.3 is 14.6 Å². The summed E-state index contributed by atoms with van der Waals surface area (Å²) in [6.07, 6.45) is 4.20. The molecule has 0 radical (unpaired) electrons. The zero-order valence-corrected chi connectivity index (χ0v) is 13.3. The normalized spacial score (nSPS) is 20.9. The molecular weight excluding hydrogens is 297 g/mol. The number of halogens is 1. The van der Waals surface area contributed by atoms with Crippen LogP contribution in [0.1, 0.15) is 29.8 Å². The van der Waals surface area contributed by atoms with Crippen LogP contribution in [0.3, 0.4) is 0 Å². The molecule has 0 aliphatic heterocycles. The van der Waals surface area contributed by atoms with Gasteiger partial charge in [-0.25, -0.2) is 9.37 Å². The molecule has 1 aliphatic rings. The van der Waals surface area contributed by atoms with Crippen molar-refractivity contribution in [2.24, 2.45) is 0 Å². The number of nitrogens with zero attached hydrogens (tertiary/aromatic N) is 2. The molecule has 0 spiro atoms. The summed E-state index contributed by atoms with van der Waals surface area (Å²) >= 11 is 0. The summed E-state index contributed by atoms with van der Waals surface area (Å²) in [6.45, 7) is 0. The van der Waals surface area contributed by atoms with Crippen LogP contribution >= 0.6 is 0 Å². The number of aromatic nitrogens is 1. The zero-order valence-electron chi connectivity index (χ0n) is 13.3. The Bertz CT molecular complexity index is 681. The molecular formula is C17H20FN3O2. The van der Waals surface area contributed by atoms with E-state index in [-0.39, 0.29) is 23.5 Å². The van der Waals surface area contributed by atoms with Crippen LogP contribution in [0.2, 0.25) is 0 Å². The van der Waals surface area contributed by atoms with Gasteiger partial charge in [0.15, 0.2) is 17.8 Å². The Morgan fingerprint density at radius 2 is 2.04 bits per heavy atom. The molecule has 2 aromatic rings. The van der Waals surface area contributed by atoms with Crippen molar-refractivity contribution >= 4 is 5.91 Å². The predicted molar refractivity (Wildman–Crippen MR) is 84.5 cm³/mol. The van der Waals surface area contributed by atoms with Gasteiger partial charge in [0.25, 0.3) is 5.91 Å². The molecule has 6 heteroatoms. The van der Waals surface area contributed by atoms with Gasteiger partial charge in [-0.3, -0.25) is 4.79 Å². The molecule has 3 rings (SSSR count). The molecule has 122 valence electrons. The molecule has 0 unspecified atom stereocenters. The number of oxazole rings is 1. The second kappa shape index (κ2) is 6.50. The SMILES string of the molecule is CN(C)[C@H]1CC[C@@H](NC(=O)c2ncoc2-c2ccc(F)cc2)C1. The van der Waals surface area contributed by atoms with Gasteiger partial charge in [-0.15, -0.1) is 0 Å². The van der Waals surface area contributed by atoms with E-state index >= 15 is 0 Å². The van der Waals surface area contributed by atoms with Gasteiger partial charge in [-0.2, -0.15) is 0 Å². The Hall–Kier alpha value is -2.21. The summed E-state index contributed by atoms with van der Waals surface area (Å²) in [5.41, 5.74) is 0.872. The predicted octanol–water partition coefficient (Wildman–Crippen LogP) is 2.69. The fraction of sp³-hybridized carbons (Fsp3) is 0.412. The zero-order chi connectivity index (χ0) is 16.4. The molecule has 23 heavy (non-hydrogen) atoms. The Labute approximate surface area is 134 Å². The van der Waals surface area contributed by atoms with Crippen molar-refractivity contribution in [3.05, 3.63) is 42.2 Å². The smallest absolute Gasteiger partial charge is 0.274 e. The van der Waals surface area contributed by atoms with Crippen LogP contribution in [0.15, 0.2) is 35.1 Å². The molecule has 1 aromatic heterocycles. The lowest BCUT2D eigenvalue weighted by Crippen LogP contribution is -2.35. The van der Waals surface area contributed by atoms with Gasteiger partial charge in [0.05, 0.1) is 0 Å². The van der Waals surface area contributed by atoms with Crippen molar-refractivity contribution in [3.63, 3.8) is 0 Å². The van der Waals surface area contributed by atoms with E-state index < -0.39 is 0 Å². The second-order valence-corrected chi connectivity index (χ2v) is 6.14. The third-order valence-corrected chi connectivity index (χ3v) is 4.36. The first-order valence-electron chi connectivity index (χ1n) is 7.71. The van der Waals surface area contributed by atoms with Crippen molar-refractivity contribution in [2.75, 3.05) is 14.1 Å². The van der Waals surface area contributed by atoms with Gasteiger partial charge in [-0.1, -0.05) is 0 Å². The number of hydrogen-bond acceptors (Lipinski definition) is 4. The van der Waals surface area contributed by atoms with Crippen LogP contribution in [0.4, 0.5) is 4.39 Å². The second-order valence-electron chi connectivity index (χ2n) is 6.14. The monoisotopic (exact) mass is 317 g/mol. The fourth-order valence-corrected chi connectivity index (χ4v) is 3.03. The number of carbonyl (C=O) groups excluding carboxylic acids is 1. The Morgan fingerprint density at radius 1 is 1.30 bits per heavy atom. The number of carbonyl (C=O) groups is 1. The van der Waals surface area contributed by atoms with Crippen molar-refractivity contribution < 1.29 is 13.6 Å². The molecule has 1 heterocycles. The molecule has 0 saturated heterocycles. The van der Waals surface area contributed by atoms with Crippen molar-refractivity contribution in [1.82, 2.24) is 15.2 Å². The Balaban J connectivity index is 1.72. The first kappa shape index (κ1) is 15.7. The number of hydrogen-bond donors (Lipinski definition) is 1. The molecule has 2 atom stereocenters. The molecule has 1 saturated carbocycles. The molecule has 5 nitrogen and oxygen atoms in total. The lowest BCUT2D eigenvalue weighted by Gasteiger charge is -2.19. The summed E-state index contributed by atoms with van der Waals surface area (Å²) in [4.78, 5) is 18.7. The lowest BCUT2D eigenvalue weighted by molar-refractivity contribution is 0.0932. The van der Waals surface area contributed by atoms with Crippen LogP contribution in [-0.2, 0) is 0 Å². The van der Waals surface area contributed by atoms with E-state index in [1.165, 1.54) is 18.5 Å². The van der Waals surface area contributed by atoms with Crippen LogP contribution < -0.4 is 5.32 Å². The number of nitrogens with one attached hydrogen (secondary N) is 1. The molecule has 1 N–H and O–H groups in total. The maximum Gasteiger partial charge on any atom is 0.274 e. The third kappa shape index (κ3) is 3.42. The highest BCUT2D eigenvalue weighted by molar-refractivity contribution is 5.97. The Morgan fingerprint density at radius 3 is 2.70 bits per heavy atom. The van der Waals surface area contributed by atoms with Crippen molar-refractivity contribution in [3.8, 4) is 11.3 Å². The standard InChI is InChI=1S/C17H20FN3O2/c1-21(2)14-8-7-13(9-14)20-17(22)15-16(23-10-19-15)11-3-5-12(18)6-4-11/h3-6,10,13-14H,7-9H2,1-2H3,(H,20,22)/t13-,14+/m1/s1. The summed E-state index contributed by atoms with van der Waals surface area (Å²) in [5, 5.41) is 3.03. The number of benzene rings is 1. The van der Waals surface area contributed by atoms with E-state index in [0.29, 0.717) is 17.4 Å². The highest BCUT2D eigenvalue weighted by Gasteiger charge is 2.29. The lowest BCUT2D eigenvalue weighted by atomic mass is 10.1. The summed E-state index contributed by atoms with van der Waals surface area (Å²) in [7, 11) is 4.11. The van der Waals surface area contributed by atoms with E-state index in [0.717, 1.165) is 19.3 Å². The largest absolute Gasteiger partial charge is 0.443 e. The maximum atomic E-state index is 13.0. The van der Waals surface area contributed by atoms with Gasteiger partial charge >= 0.3 is 0 Å². The first-order valence-corrected chi connectivity index (χ1v) is 7.71. The van der Waals surface area contributed by atoms with E-state index in [9.17, 15) is 9.18 Å². The minimum Gasteiger partial charge on any atom is -0.443 e. The van der Waals surface area contributed by atoms with E-state index in [2.05, 4.69) is 29.3 Å². The summed E-state index contributed by atoms with van der Waals surface area (Å²) in [5.74, 6) is -0.216. The fourth-order valence-electron chi connectivity index (χ4n) is 3.03. The molecule has 1 fully saturated rings. The summed E-state index contributed by atoms with van der Waals surface area (Å²) in [6, 6.07) is 6.45. The molecule has 0 bridgehead atoms. The van der Waals surface area contributed by atoms with Gasteiger partial charge in [0.2, 0.25) is 0 Å². The highest BCUT2D eigenvalue weighted by Crippen LogP contribution is 2.25. The Kier molecular flexibility index (Phi) is 4.43. The summed E-state index contributed by atoms with van der Waals surface area (Å²) < 4.78 is 18.4. The van der Waals surface area contributed by atoms with Crippen LogP contribution in [-0.4, -0.2) is 42.0 Å². The maximum absolute atomic E-state index is 13.0. The average molecular weight is 317 g/mol. The highest BCUT2D eigenvalue weighted by atomic mass is 19.1. The quantitative estimate of drug-likeness (QED) is 0.942. The van der Waals surface area contributed by atoms with E-state index in [1.807, 2.05) is 0 Å². The average Bonchev–Trinajstić information content (AvgIpc) is 3.16. The number of rotatable bonds is 4. The first-order chi connectivity index (χ1) is 11.0. The molecule has 1 aliphatic carbocycles. The van der Waals surface area contributed by atoms with E-state index in [1.54, 1.807) is 12.1 Å². The van der Waals surface area contributed by atoms with Crippen molar-refractivity contribution in [2.45, 2.75) is 31.3 Å². The van der Waals surface area contributed by atoms with E-state index in [4.69, 9.17) is 4.42 Å². The van der Waals surface area contributed by atoms with Gasteiger partial charge in [0.1, 0.15) is 5.82 Å². The van der Waals surface area contributed by atoms with Crippen LogP contribution in [0.5, 0.6) is 0 Å². The third-order valence-electron chi connectivity index (χ3n) is 4.36. The van der Waals surface area contributed by atoms with Crippen LogP contribution in [0.25, 0.3) is 11.3 Å². The molecule has 1 amide bonds. The topological polar surface area (TPSA) is 58.4 Å². The molecule has 1 aromatic carbocycles. The minimum atomic E-state index is -0.333.